The number of nitrogens with zero attached hydrogens (tertiary/aromatic N) is 1. The third-order valence-corrected chi connectivity index (χ3v) is 4.63. The van der Waals surface area contributed by atoms with Crippen LogP contribution >= 0.6 is 23.2 Å². The zero-order valence-corrected chi connectivity index (χ0v) is 13.6. The summed E-state index contributed by atoms with van der Waals surface area (Å²) in [6.45, 7) is 2.86. The Labute approximate surface area is 135 Å². The molecule has 3 nitrogen and oxygen atoms in total. The molecule has 1 amide bonds. The van der Waals surface area contributed by atoms with Crippen molar-refractivity contribution in [3.05, 3.63) is 33.8 Å². The van der Waals surface area contributed by atoms with Crippen molar-refractivity contribution in [2.75, 3.05) is 13.1 Å². The number of halogens is 2. The zero-order valence-electron chi connectivity index (χ0n) is 12.1. The number of carbonyl (C=O) groups excluding carboxylic acids is 2. The van der Waals surface area contributed by atoms with Crippen molar-refractivity contribution in [1.29, 1.82) is 0 Å². The van der Waals surface area contributed by atoms with Gasteiger partial charge in [-0.1, -0.05) is 36.5 Å². The molecule has 1 fully saturated rings. The average Bonchev–Trinajstić information content (AvgIpc) is 2.64. The van der Waals surface area contributed by atoms with Crippen LogP contribution in [0.25, 0.3) is 0 Å². The van der Waals surface area contributed by atoms with E-state index in [-0.39, 0.29) is 18.2 Å². The normalized spacial score (nSPS) is 19.5. The Hall–Kier alpha value is -1.06. The van der Waals surface area contributed by atoms with E-state index >= 15 is 0 Å². The van der Waals surface area contributed by atoms with Crippen LogP contribution in [0.1, 0.15) is 43.0 Å². The lowest BCUT2D eigenvalue weighted by Gasteiger charge is -2.20. The minimum atomic E-state index is -0.161. The van der Waals surface area contributed by atoms with Crippen LogP contribution in [0.2, 0.25) is 10.0 Å². The molecule has 0 aromatic heterocycles. The molecule has 1 saturated heterocycles. The SMILES string of the molecule is CCC1CCC(=O)N(CC(=O)c2cc(Cl)ccc2Cl)CC1. The second kappa shape index (κ2) is 7.28. The number of rotatable bonds is 4. The van der Waals surface area contributed by atoms with Gasteiger partial charge in [-0.2, -0.15) is 0 Å². The topological polar surface area (TPSA) is 37.4 Å². The average molecular weight is 328 g/mol. The van der Waals surface area contributed by atoms with Gasteiger partial charge < -0.3 is 4.90 Å². The van der Waals surface area contributed by atoms with Crippen molar-refractivity contribution in [1.82, 2.24) is 4.90 Å². The highest BCUT2D eigenvalue weighted by molar-refractivity contribution is 6.36. The van der Waals surface area contributed by atoms with E-state index in [0.717, 1.165) is 19.3 Å². The summed E-state index contributed by atoms with van der Waals surface area (Å²) in [5, 5.41) is 0.842. The Balaban J connectivity index is 2.08. The number of hydrogen-bond acceptors (Lipinski definition) is 2. The van der Waals surface area contributed by atoms with Gasteiger partial charge in [0, 0.05) is 23.6 Å². The second-order valence-electron chi connectivity index (χ2n) is 5.46. The van der Waals surface area contributed by atoms with Crippen molar-refractivity contribution in [3.8, 4) is 0 Å². The van der Waals surface area contributed by atoms with Gasteiger partial charge in [0.1, 0.15) is 0 Å². The molecule has 1 aromatic rings. The fraction of sp³-hybridized carbons (Fsp3) is 0.500. The lowest BCUT2D eigenvalue weighted by atomic mass is 9.98. The summed E-state index contributed by atoms with van der Waals surface area (Å²) in [6.07, 6.45) is 3.47. The summed E-state index contributed by atoms with van der Waals surface area (Å²) in [5.74, 6) is 0.465. The largest absolute Gasteiger partial charge is 0.335 e. The monoisotopic (exact) mass is 327 g/mol. The molecular formula is C16H19Cl2NO2. The molecule has 0 spiro atoms. The first-order chi connectivity index (χ1) is 10.0. The van der Waals surface area contributed by atoms with Crippen molar-refractivity contribution >= 4 is 34.9 Å². The van der Waals surface area contributed by atoms with Gasteiger partial charge in [0.2, 0.25) is 5.91 Å². The van der Waals surface area contributed by atoms with E-state index < -0.39 is 0 Å². The summed E-state index contributed by atoms with van der Waals surface area (Å²) in [7, 11) is 0. The summed E-state index contributed by atoms with van der Waals surface area (Å²) < 4.78 is 0. The molecule has 21 heavy (non-hydrogen) atoms. The van der Waals surface area contributed by atoms with Gasteiger partial charge in [-0.25, -0.2) is 0 Å². The maximum Gasteiger partial charge on any atom is 0.222 e. The van der Waals surface area contributed by atoms with Gasteiger partial charge in [0.15, 0.2) is 5.78 Å². The highest BCUT2D eigenvalue weighted by Gasteiger charge is 2.24. The lowest BCUT2D eigenvalue weighted by Crippen LogP contribution is -2.35. The van der Waals surface area contributed by atoms with Crippen molar-refractivity contribution < 1.29 is 9.59 Å². The number of ketones is 1. The predicted molar refractivity (Wildman–Crippen MR) is 85.0 cm³/mol. The highest BCUT2D eigenvalue weighted by Crippen LogP contribution is 2.24. The molecule has 0 bridgehead atoms. The number of carbonyl (C=O) groups is 2. The van der Waals surface area contributed by atoms with E-state index in [9.17, 15) is 9.59 Å². The second-order valence-corrected chi connectivity index (χ2v) is 6.31. The van der Waals surface area contributed by atoms with Crippen molar-refractivity contribution in [2.24, 2.45) is 5.92 Å². The molecule has 5 heteroatoms. The first-order valence-electron chi connectivity index (χ1n) is 7.27. The van der Waals surface area contributed by atoms with Crippen molar-refractivity contribution in [3.63, 3.8) is 0 Å². The van der Waals surface area contributed by atoms with Gasteiger partial charge in [-0.15, -0.1) is 0 Å². The number of likely N-dealkylation sites (tertiary alicyclic amines) is 1. The standard InChI is InChI=1S/C16H19Cl2NO2/c1-2-11-3-6-16(21)19(8-7-11)10-15(20)13-9-12(17)4-5-14(13)18/h4-5,9,11H,2-3,6-8,10H2,1H3. The van der Waals surface area contributed by atoms with E-state index in [1.807, 2.05) is 0 Å². The van der Waals surface area contributed by atoms with Crippen molar-refractivity contribution in [2.45, 2.75) is 32.6 Å². The Morgan fingerprint density at radius 2 is 2.10 bits per heavy atom. The third-order valence-electron chi connectivity index (χ3n) is 4.07. The summed E-state index contributed by atoms with van der Waals surface area (Å²) in [4.78, 5) is 26.1. The van der Waals surface area contributed by atoms with Gasteiger partial charge >= 0.3 is 0 Å². The molecule has 0 N–H and O–H groups in total. The highest BCUT2D eigenvalue weighted by atomic mass is 35.5. The molecule has 0 aliphatic carbocycles. The van der Waals surface area contributed by atoms with Crippen LogP contribution in [-0.2, 0) is 4.79 Å². The van der Waals surface area contributed by atoms with Gasteiger partial charge in [0.05, 0.1) is 11.6 Å². The Morgan fingerprint density at radius 1 is 1.33 bits per heavy atom. The van der Waals surface area contributed by atoms with Crippen LogP contribution in [0.5, 0.6) is 0 Å². The van der Waals surface area contributed by atoms with Gasteiger partial charge in [-0.3, -0.25) is 9.59 Å². The van der Waals surface area contributed by atoms with Crippen LogP contribution in [0, 0.1) is 5.92 Å². The molecule has 2 rings (SSSR count). The maximum atomic E-state index is 12.4. The number of Topliss-reactive ketones (excluding diaryl/α,β-unsaturated/α-hetero) is 1. The van der Waals surface area contributed by atoms with E-state index in [1.165, 1.54) is 0 Å². The first kappa shape index (κ1) is 16.3. The molecular weight excluding hydrogens is 309 g/mol. The van der Waals surface area contributed by atoms with Gasteiger partial charge in [-0.05, 0) is 37.0 Å². The minimum Gasteiger partial charge on any atom is -0.335 e. The maximum absolute atomic E-state index is 12.4. The van der Waals surface area contributed by atoms with Crippen LogP contribution in [-0.4, -0.2) is 29.7 Å². The van der Waals surface area contributed by atoms with Crippen LogP contribution < -0.4 is 0 Å². The third kappa shape index (κ3) is 4.21. The first-order valence-corrected chi connectivity index (χ1v) is 8.03. The quantitative estimate of drug-likeness (QED) is 0.776. The molecule has 0 saturated carbocycles. The number of benzene rings is 1. The summed E-state index contributed by atoms with van der Waals surface area (Å²) >= 11 is 11.9. The Bertz CT molecular complexity index is 545. The van der Waals surface area contributed by atoms with E-state index in [0.29, 0.717) is 34.5 Å². The molecule has 1 aliphatic rings. The summed E-state index contributed by atoms with van der Waals surface area (Å²) in [5.41, 5.74) is 0.383. The lowest BCUT2D eigenvalue weighted by molar-refractivity contribution is -0.130. The molecule has 0 radical (unpaired) electrons. The number of amides is 1. The van der Waals surface area contributed by atoms with Crippen LogP contribution in [0.15, 0.2) is 18.2 Å². The molecule has 1 aliphatic heterocycles. The minimum absolute atomic E-state index is 0.0532. The van der Waals surface area contributed by atoms with E-state index in [1.54, 1.807) is 23.1 Å². The van der Waals surface area contributed by atoms with Crippen LogP contribution in [0.3, 0.4) is 0 Å². The number of hydrogen-bond donors (Lipinski definition) is 0. The molecule has 114 valence electrons. The molecule has 1 heterocycles. The van der Waals surface area contributed by atoms with Crippen LogP contribution in [0.4, 0.5) is 0 Å². The molecule has 1 unspecified atom stereocenters. The van der Waals surface area contributed by atoms with E-state index in [2.05, 4.69) is 6.92 Å². The zero-order chi connectivity index (χ0) is 15.4. The Morgan fingerprint density at radius 3 is 2.81 bits per heavy atom. The predicted octanol–water partition coefficient (Wildman–Crippen LogP) is 4.21. The fourth-order valence-electron chi connectivity index (χ4n) is 2.64. The smallest absolute Gasteiger partial charge is 0.222 e. The van der Waals surface area contributed by atoms with Gasteiger partial charge in [0.25, 0.3) is 0 Å². The Kier molecular flexibility index (Phi) is 5.65. The summed E-state index contributed by atoms with van der Waals surface area (Å²) in [6, 6.07) is 4.81. The van der Waals surface area contributed by atoms with E-state index in [4.69, 9.17) is 23.2 Å². The fourth-order valence-corrected chi connectivity index (χ4v) is 3.03. The molecule has 1 aromatic carbocycles. The molecule has 1 atom stereocenters.